The van der Waals surface area contributed by atoms with Gasteiger partial charge in [-0.1, -0.05) is 5.16 Å². The van der Waals surface area contributed by atoms with Crippen molar-refractivity contribution in [2.75, 3.05) is 0 Å². The van der Waals surface area contributed by atoms with E-state index in [4.69, 9.17) is 10.9 Å². The Hall–Kier alpha value is -2.03. The predicted octanol–water partition coefficient (Wildman–Crippen LogP) is 2.75. The Bertz CT molecular complexity index is 666. The van der Waals surface area contributed by atoms with Crippen molar-refractivity contribution in [1.29, 1.82) is 0 Å². The fourth-order valence-corrected chi connectivity index (χ4v) is 2.18. The van der Waals surface area contributed by atoms with E-state index < -0.39 is 11.7 Å². The number of benzene rings is 1. The van der Waals surface area contributed by atoms with E-state index in [2.05, 4.69) is 26.1 Å². The van der Waals surface area contributed by atoms with Crippen molar-refractivity contribution in [3.8, 4) is 5.69 Å². The maximum Gasteiger partial charge on any atom is 0.416 e. The number of nitrogens with two attached hydrogens (primary N) is 1. The fraction of sp³-hybridized carbons (Fsp3) is 0.0909. The summed E-state index contributed by atoms with van der Waals surface area (Å²) in [6.07, 6.45) is -1.55. The summed E-state index contributed by atoms with van der Waals surface area (Å²) in [4.78, 5) is 3.88. The molecule has 1 aromatic heterocycles. The van der Waals surface area contributed by atoms with E-state index in [1.165, 1.54) is 23.0 Å². The fourth-order valence-electron chi connectivity index (χ4n) is 1.61. The third-order valence-corrected chi connectivity index (χ3v) is 3.15. The van der Waals surface area contributed by atoms with Crippen LogP contribution in [0.4, 0.5) is 13.2 Å². The number of alkyl halides is 3. The van der Waals surface area contributed by atoms with Crippen LogP contribution in [0.1, 0.15) is 11.4 Å². The molecule has 0 fully saturated rings. The van der Waals surface area contributed by atoms with Crippen molar-refractivity contribution >= 4 is 21.8 Å². The monoisotopic (exact) mass is 348 g/mol. The molecule has 1 heterocycles. The van der Waals surface area contributed by atoms with Gasteiger partial charge in [-0.3, -0.25) is 4.57 Å². The third-order valence-electron chi connectivity index (χ3n) is 2.51. The minimum atomic E-state index is -4.43. The highest BCUT2D eigenvalue weighted by molar-refractivity contribution is 9.10. The van der Waals surface area contributed by atoms with Crippen LogP contribution >= 0.6 is 15.9 Å². The van der Waals surface area contributed by atoms with Gasteiger partial charge in [0.2, 0.25) is 5.84 Å². The first-order chi connectivity index (χ1) is 9.34. The van der Waals surface area contributed by atoms with Gasteiger partial charge in [0.25, 0.3) is 0 Å². The Morgan fingerprint density at radius 2 is 2.10 bits per heavy atom. The first-order valence-corrected chi connectivity index (χ1v) is 6.02. The maximum absolute atomic E-state index is 12.6. The van der Waals surface area contributed by atoms with Gasteiger partial charge in [0, 0.05) is 16.9 Å². The Kier molecular flexibility index (Phi) is 3.71. The summed E-state index contributed by atoms with van der Waals surface area (Å²) in [6.45, 7) is 0. The Morgan fingerprint density at radius 3 is 2.65 bits per heavy atom. The molecule has 0 aliphatic rings. The van der Waals surface area contributed by atoms with E-state index in [0.29, 0.717) is 5.69 Å². The number of hydrogen-bond donors (Lipinski definition) is 2. The molecule has 0 unspecified atom stereocenters. The molecule has 1 aromatic carbocycles. The van der Waals surface area contributed by atoms with E-state index in [0.717, 1.165) is 12.1 Å². The average Bonchev–Trinajstić information content (AvgIpc) is 2.85. The van der Waals surface area contributed by atoms with Crippen LogP contribution in [0.15, 0.2) is 40.2 Å². The topological polar surface area (TPSA) is 76.4 Å². The predicted molar refractivity (Wildman–Crippen MR) is 68.8 cm³/mol. The van der Waals surface area contributed by atoms with E-state index in [1.807, 2.05) is 0 Å². The number of rotatable bonds is 2. The molecule has 9 heteroatoms. The average molecular weight is 349 g/mol. The molecule has 5 nitrogen and oxygen atoms in total. The second-order valence-corrected chi connectivity index (χ2v) is 4.62. The van der Waals surface area contributed by atoms with Crippen LogP contribution in [0.3, 0.4) is 0 Å². The molecule has 0 aliphatic carbocycles. The van der Waals surface area contributed by atoms with Crippen LogP contribution < -0.4 is 5.73 Å². The standard InChI is InChI=1S/C11H8BrF3N4O/c12-7-5-6(11(13,14)15)1-2-8(7)19-4-3-17-10(19)9(16)18-20/h1-5,20H,(H2,16,18). The number of aromatic nitrogens is 2. The highest BCUT2D eigenvalue weighted by Crippen LogP contribution is 2.33. The molecule has 0 saturated heterocycles. The lowest BCUT2D eigenvalue weighted by Gasteiger charge is -2.12. The van der Waals surface area contributed by atoms with Crippen LogP contribution in [-0.2, 0) is 6.18 Å². The molecule has 2 aromatic rings. The van der Waals surface area contributed by atoms with E-state index in [-0.39, 0.29) is 16.1 Å². The maximum atomic E-state index is 12.6. The lowest BCUT2D eigenvalue weighted by Crippen LogP contribution is -2.19. The SMILES string of the molecule is N/C(=N/O)c1nccn1-c1ccc(C(F)(F)F)cc1Br. The number of amidine groups is 1. The van der Waals surface area contributed by atoms with Crippen molar-refractivity contribution in [2.45, 2.75) is 6.18 Å². The van der Waals surface area contributed by atoms with E-state index in [9.17, 15) is 13.2 Å². The molecule has 3 N–H and O–H groups in total. The Morgan fingerprint density at radius 1 is 1.40 bits per heavy atom. The molecule has 106 valence electrons. The largest absolute Gasteiger partial charge is 0.416 e. The summed E-state index contributed by atoms with van der Waals surface area (Å²) in [6, 6.07) is 3.16. The molecular formula is C11H8BrF3N4O. The summed E-state index contributed by atoms with van der Waals surface area (Å²) in [5.74, 6) is -0.130. The number of imidazole rings is 1. The van der Waals surface area contributed by atoms with Crippen LogP contribution in [0.5, 0.6) is 0 Å². The first kappa shape index (κ1) is 14.4. The summed E-state index contributed by atoms with van der Waals surface area (Å²) < 4.78 is 39.4. The highest BCUT2D eigenvalue weighted by atomic mass is 79.9. The summed E-state index contributed by atoms with van der Waals surface area (Å²) in [5, 5.41) is 11.5. The van der Waals surface area contributed by atoms with Gasteiger partial charge in [0.15, 0.2) is 5.82 Å². The number of halogens is 4. The van der Waals surface area contributed by atoms with Gasteiger partial charge >= 0.3 is 6.18 Å². The first-order valence-electron chi connectivity index (χ1n) is 5.23. The lowest BCUT2D eigenvalue weighted by atomic mass is 10.2. The van der Waals surface area contributed by atoms with E-state index >= 15 is 0 Å². The van der Waals surface area contributed by atoms with Gasteiger partial charge in [0.05, 0.1) is 11.3 Å². The van der Waals surface area contributed by atoms with Crippen molar-refractivity contribution in [2.24, 2.45) is 10.9 Å². The zero-order chi connectivity index (χ0) is 14.9. The smallest absolute Gasteiger partial charge is 0.409 e. The van der Waals surface area contributed by atoms with Crippen LogP contribution in [0.2, 0.25) is 0 Å². The molecule has 0 aliphatic heterocycles. The number of oxime groups is 1. The minimum Gasteiger partial charge on any atom is -0.409 e. The molecule has 0 bridgehead atoms. The van der Waals surface area contributed by atoms with Crippen molar-refractivity contribution in [3.05, 3.63) is 46.5 Å². The van der Waals surface area contributed by atoms with Gasteiger partial charge in [0.1, 0.15) is 0 Å². The van der Waals surface area contributed by atoms with Crippen molar-refractivity contribution < 1.29 is 18.4 Å². The zero-order valence-corrected chi connectivity index (χ0v) is 11.4. The molecular weight excluding hydrogens is 341 g/mol. The quantitative estimate of drug-likeness (QED) is 0.379. The van der Waals surface area contributed by atoms with Gasteiger partial charge in [-0.05, 0) is 34.1 Å². The minimum absolute atomic E-state index is 0.118. The molecule has 0 atom stereocenters. The molecule has 0 spiro atoms. The van der Waals surface area contributed by atoms with E-state index in [1.54, 1.807) is 0 Å². The summed E-state index contributed by atoms with van der Waals surface area (Å²) >= 11 is 3.07. The molecule has 0 saturated carbocycles. The molecule has 20 heavy (non-hydrogen) atoms. The zero-order valence-electron chi connectivity index (χ0n) is 9.76. The normalized spacial score (nSPS) is 12.7. The van der Waals surface area contributed by atoms with Crippen molar-refractivity contribution in [3.63, 3.8) is 0 Å². The molecule has 0 radical (unpaired) electrons. The van der Waals surface area contributed by atoms with Gasteiger partial charge in [-0.15, -0.1) is 0 Å². The molecule has 0 amide bonds. The Balaban J connectivity index is 2.53. The summed E-state index contributed by atoms with van der Waals surface area (Å²) in [7, 11) is 0. The second-order valence-electron chi connectivity index (χ2n) is 3.77. The van der Waals surface area contributed by atoms with Crippen LogP contribution in [0.25, 0.3) is 5.69 Å². The van der Waals surface area contributed by atoms with Crippen LogP contribution in [-0.4, -0.2) is 20.6 Å². The Labute approximate surface area is 119 Å². The highest BCUT2D eigenvalue weighted by Gasteiger charge is 2.31. The number of nitrogens with zero attached hydrogens (tertiary/aromatic N) is 3. The third kappa shape index (κ3) is 2.62. The van der Waals surface area contributed by atoms with Gasteiger partial charge in [-0.2, -0.15) is 13.2 Å². The number of hydrogen-bond acceptors (Lipinski definition) is 3. The molecule has 2 rings (SSSR count). The second kappa shape index (κ2) is 5.16. The van der Waals surface area contributed by atoms with Crippen molar-refractivity contribution in [1.82, 2.24) is 9.55 Å². The van der Waals surface area contributed by atoms with Gasteiger partial charge < -0.3 is 10.9 Å². The summed E-state index contributed by atoms with van der Waals surface area (Å²) in [5.41, 5.74) is 5.05. The lowest BCUT2D eigenvalue weighted by molar-refractivity contribution is -0.137. The van der Waals surface area contributed by atoms with Crippen LogP contribution in [0, 0.1) is 0 Å². The van der Waals surface area contributed by atoms with Gasteiger partial charge in [-0.25, -0.2) is 4.98 Å².